The smallest absolute Gasteiger partial charge is 0.220 e. The summed E-state index contributed by atoms with van der Waals surface area (Å²) in [4.78, 5) is 12.4. The third-order valence-electron chi connectivity index (χ3n) is 3.65. The molecule has 1 N–H and O–H groups in total. The number of aryl methyl sites for hydroxylation is 1. The number of rotatable bonds is 7. The van der Waals surface area contributed by atoms with Crippen molar-refractivity contribution in [1.82, 2.24) is 5.32 Å². The summed E-state index contributed by atoms with van der Waals surface area (Å²) in [6.07, 6.45) is 1.05. The molecule has 0 aliphatic carbocycles. The van der Waals surface area contributed by atoms with Gasteiger partial charge in [-0.2, -0.15) is 0 Å². The topological polar surface area (TPSA) is 63.2 Å². The van der Waals surface area contributed by atoms with Crippen molar-refractivity contribution in [3.8, 4) is 0 Å². The van der Waals surface area contributed by atoms with E-state index in [2.05, 4.69) is 5.32 Å². The van der Waals surface area contributed by atoms with Crippen molar-refractivity contribution in [2.45, 2.75) is 36.8 Å². The second-order valence-electron chi connectivity index (χ2n) is 5.51. The van der Waals surface area contributed by atoms with Gasteiger partial charge < -0.3 is 5.32 Å². The van der Waals surface area contributed by atoms with E-state index < -0.39 is 20.9 Å². The molecule has 1 atom stereocenters. The Hall–Kier alpha value is -1.73. The highest BCUT2D eigenvalue weighted by Crippen LogP contribution is 2.32. The number of hydrogen-bond acceptors (Lipinski definition) is 4. The SMILES string of the molecule is CCCC(=O)NC[C@@H](c1cccs1)S(=O)(=O)c1ccc(F)c(C)c1. The monoisotopic (exact) mass is 369 g/mol. The predicted molar refractivity (Wildman–Crippen MR) is 93.3 cm³/mol. The van der Waals surface area contributed by atoms with Gasteiger partial charge in [-0.1, -0.05) is 13.0 Å². The second-order valence-corrected chi connectivity index (χ2v) is 8.62. The number of nitrogens with one attached hydrogen (secondary N) is 1. The van der Waals surface area contributed by atoms with Crippen LogP contribution in [0.2, 0.25) is 0 Å². The van der Waals surface area contributed by atoms with Crippen LogP contribution in [0.3, 0.4) is 0 Å². The summed E-state index contributed by atoms with van der Waals surface area (Å²) in [5.74, 6) is -0.623. The maximum atomic E-state index is 13.5. The van der Waals surface area contributed by atoms with Gasteiger partial charge in [0.15, 0.2) is 9.84 Å². The van der Waals surface area contributed by atoms with E-state index in [4.69, 9.17) is 0 Å². The molecule has 0 radical (unpaired) electrons. The standard InChI is InChI=1S/C17H20FNO3S2/c1-3-5-17(20)19-11-16(15-6-4-9-23-15)24(21,22)13-7-8-14(18)12(2)10-13/h4,6-10,16H,3,5,11H2,1-2H3,(H,19,20)/t16-/m0/s1. The van der Waals surface area contributed by atoms with Gasteiger partial charge >= 0.3 is 0 Å². The summed E-state index contributed by atoms with van der Waals surface area (Å²) in [7, 11) is -3.74. The number of halogens is 1. The Bertz CT molecular complexity index is 801. The second kappa shape index (κ2) is 7.90. The van der Waals surface area contributed by atoms with E-state index in [1.807, 2.05) is 6.92 Å². The Kier molecular flexibility index (Phi) is 6.12. The number of sulfone groups is 1. The Morgan fingerprint density at radius 1 is 1.33 bits per heavy atom. The lowest BCUT2D eigenvalue weighted by atomic mass is 10.2. The van der Waals surface area contributed by atoms with Gasteiger partial charge in [0.1, 0.15) is 11.1 Å². The first-order chi connectivity index (χ1) is 11.4. The fraction of sp³-hybridized carbons (Fsp3) is 0.353. The van der Waals surface area contributed by atoms with E-state index in [1.54, 1.807) is 17.5 Å². The molecule has 0 saturated carbocycles. The molecule has 24 heavy (non-hydrogen) atoms. The van der Waals surface area contributed by atoms with Crippen LogP contribution in [0.5, 0.6) is 0 Å². The minimum Gasteiger partial charge on any atom is -0.354 e. The van der Waals surface area contributed by atoms with Crippen LogP contribution in [0.4, 0.5) is 4.39 Å². The molecule has 0 bridgehead atoms. The predicted octanol–water partition coefficient (Wildman–Crippen LogP) is 3.63. The third-order valence-corrected chi connectivity index (χ3v) is 6.87. The highest BCUT2D eigenvalue weighted by atomic mass is 32.2. The summed E-state index contributed by atoms with van der Waals surface area (Å²) in [6, 6.07) is 7.26. The number of benzene rings is 1. The molecular weight excluding hydrogens is 349 g/mol. The highest BCUT2D eigenvalue weighted by molar-refractivity contribution is 7.91. The molecule has 0 aliphatic rings. The Morgan fingerprint density at radius 3 is 2.67 bits per heavy atom. The highest BCUT2D eigenvalue weighted by Gasteiger charge is 2.30. The Labute approximate surface area is 145 Å². The van der Waals surface area contributed by atoms with E-state index in [0.717, 1.165) is 6.07 Å². The summed E-state index contributed by atoms with van der Waals surface area (Å²) in [6.45, 7) is 3.41. The first-order valence-corrected chi connectivity index (χ1v) is 10.1. The van der Waals surface area contributed by atoms with E-state index in [1.165, 1.54) is 30.4 Å². The van der Waals surface area contributed by atoms with Crippen LogP contribution in [-0.4, -0.2) is 20.9 Å². The van der Waals surface area contributed by atoms with Crippen LogP contribution >= 0.6 is 11.3 Å². The number of amides is 1. The van der Waals surface area contributed by atoms with Crippen LogP contribution in [0.25, 0.3) is 0 Å². The van der Waals surface area contributed by atoms with Crippen molar-refractivity contribution in [1.29, 1.82) is 0 Å². The molecule has 1 aromatic heterocycles. The lowest BCUT2D eigenvalue weighted by Crippen LogP contribution is -2.31. The zero-order valence-corrected chi connectivity index (χ0v) is 15.2. The zero-order valence-electron chi connectivity index (χ0n) is 13.6. The number of carbonyl (C=O) groups is 1. The molecular formula is C17H20FNO3S2. The Balaban J connectivity index is 2.34. The molecule has 0 fully saturated rings. The van der Waals surface area contributed by atoms with Crippen molar-refractivity contribution in [2.75, 3.05) is 6.54 Å². The molecule has 0 aliphatic heterocycles. The number of carbonyl (C=O) groups excluding carboxylic acids is 1. The Morgan fingerprint density at radius 2 is 2.08 bits per heavy atom. The fourth-order valence-electron chi connectivity index (χ4n) is 2.32. The summed E-state index contributed by atoms with van der Waals surface area (Å²) >= 11 is 1.32. The molecule has 0 saturated heterocycles. The maximum Gasteiger partial charge on any atom is 0.220 e. The largest absolute Gasteiger partial charge is 0.354 e. The summed E-state index contributed by atoms with van der Waals surface area (Å²) < 4.78 is 39.4. The van der Waals surface area contributed by atoms with Crippen molar-refractivity contribution < 1.29 is 17.6 Å². The summed E-state index contributed by atoms with van der Waals surface area (Å²) in [5.41, 5.74) is 0.274. The lowest BCUT2D eigenvalue weighted by Gasteiger charge is -2.18. The molecule has 0 spiro atoms. The van der Waals surface area contributed by atoms with Crippen LogP contribution in [0.15, 0.2) is 40.6 Å². The molecule has 2 rings (SSSR count). The van der Waals surface area contributed by atoms with Gasteiger partial charge in [-0.25, -0.2) is 12.8 Å². The number of hydrogen-bond donors (Lipinski definition) is 1. The number of thiophene rings is 1. The summed E-state index contributed by atoms with van der Waals surface area (Å²) in [5, 5.41) is 3.60. The first-order valence-electron chi connectivity index (χ1n) is 7.66. The van der Waals surface area contributed by atoms with Gasteiger partial charge in [0, 0.05) is 17.8 Å². The van der Waals surface area contributed by atoms with Gasteiger partial charge in [0.2, 0.25) is 5.91 Å². The lowest BCUT2D eigenvalue weighted by molar-refractivity contribution is -0.121. The molecule has 4 nitrogen and oxygen atoms in total. The maximum absolute atomic E-state index is 13.5. The zero-order chi connectivity index (χ0) is 17.7. The molecule has 1 amide bonds. The van der Waals surface area contributed by atoms with E-state index >= 15 is 0 Å². The molecule has 130 valence electrons. The minimum atomic E-state index is -3.74. The average Bonchev–Trinajstić information content (AvgIpc) is 3.04. The quantitative estimate of drug-likeness (QED) is 0.758. The normalized spacial score (nSPS) is 12.8. The molecule has 2 aromatic rings. The van der Waals surface area contributed by atoms with Gasteiger partial charge in [-0.3, -0.25) is 4.79 Å². The first kappa shape index (κ1) is 18.6. The fourth-order valence-corrected chi connectivity index (χ4v) is 5.19. The van der Waals surface area contributed by atoms with E-state index in [0.29, 0.717) is 17.7 Å². The van der Waals surface area contributed by atoms with Crippen molar-refractivity contribution >= 4 is 27.1 Å². The molecule has 7 heteroatoms. The van der Waals surface area contributed by atoms with Crippen LogP contribution in [0, 0.1) is 12.7 Å². The molecule has 1 aromatic carbocycles. The van der Waals surface area contributed by atoms with Gasteiger partial charge in [0.05, 0.1) is 4.90 Å². The molecule has 0 unspecified atom stereocenters. The van der Waals surface area contributed by atoms with E-state index in [9.17, 15) is 17.6 Å². The van der Waals surface area contributed by atoms with E-state index in [-0.39, 0.29) is 22.9 Å². The van der Waals surface area contributed by atoms with Crippen LogP contribution in [-0.2, 0) is 14.6 Å². The average molecular weight is 369 g/mol. The van der Waals surface area contributed by atoms with Gasteiger partial charge in [-0.15, -0.1) is 11.3 Å². The third kappa shape index (κ3) is 4.21. The van der Waals surface area contributed by atoms with Crippen molar-refractivity contribution in [3.05, 3.63) is 52.0 Å². The van der Waals surface area contributed by atoms with Crippen molar-refractivity contribution in [2.24, 2.45) is 0 Å². The molecule has 1 heterocycles. The van der Waals surface area contributed by atoms with Crippen LogP contribution in [0.1, 0.15) is 35.5 Å². The van der Waals surface area contributed by atoms with Crippen molar-refractivity contribution in [3.63, 3.8) is 0 Å². The van der Waals surface area contributed by atoms with Gasteiger partial charge in [-0.05, 0) is 48.6 Å². The minimum absolute atomic E-state index is 0.00188. The van der Waals surface area contributed by atoms with Gasteiger partial charge in [0.25, 0.3) is 0 Å². The van der Waals surface area contributed by atoms with Crippen LogP contribution < -0.4 is 5.32 Å².